The van der Waals surface area contributed by atoms with E-state index in [4.69, 9.17) is 4.74 Å². The maximum atomic E-state index is 12.8. The summed E-state index contributed by atoms with van der Waals surface area (Å²) in [4.78, 5) is 0.569. The first-order valence-corrected chi connectivity index (χ1v) is 10.3. The number of benzene rings is 2. The van der Waals surface area contributed by atoms with Crippen molar-refractivity contribution in [3.05, 3.63) is 77.2 Å². The molecule has 2 aromatic rings. The molecule has 1 aliphatic carbocycles. The average Bonchev–Trinajstić information content (AvgIpc) is 2.66. The van der Waals surface area contributed by atoms with Crippen molar-refractivity contribution >= 4 is 9.84 Å². The van der Waals surface area contributed by atoms with Crippen molar-refractivity contribution < 1.29 is 18.3 Å². The molecule has 0 unspecified atom stereocenters. The lowest BCUT2D eigenvalue weighted by Gasteiger charge is -2.32. The highest BCUT2D eigenvalue weighted by Crippen LogP contribution is 2.35. The van der Waals surface area contributed by atoms with Crippen molar-refractivity contribution in [1.29, 1.82) is 0 Å². The Morgan fingerprint density at radius 3 is 2.31 bits per heavy atom. The highest BCUT2D eigenvalue weighted by molar-refractivity contribution is 7.95. The van der Waals surface area contributed by atoms with E-state index >= 15 is 0 Å². The second kappa shape index (κ2) is 8.16. The number of hydrogen-bond acceptors (Lipinski definition) is 4. The molecule has 0 saturated carbocycles. The van der Waals surface area contributed by atoms with E-state index in [0.29, 0.717) is 24.5 Å². The number of ether oxygens (including phenoxy) is 1. The van der Waals surface area contributed by atoms with Crippen LogP contribution in [-0.2, 0) is 21.2 Å². The fourth-order valence-electron chi connectivity index (χ4n) is 3.33. The molecular formula is C21H24O4S. The van der Waals surface area contributed by atoms with Crippen molar-refractivity contribution in [2.75, 3.05) is 6.61 Å². The third-order valence-corrected chi connectivity index (χ3v) is 6.92. The molecule has 0 saturated heterocycles. The van der Waals surface area contributed by atoms with Crippen LogP contribution in [0, 0.1) is 11.8 Å². The first-order valence-electron chi connectivity index (χ1n) is 8.80. The van der Waals surface area contributed by atoms with Gasteiger partial charge in [0.15, 0.2) is 0 Å². The summed E-state index contributed by atoms with van der Waals surface area (Å²) in [5.74, 6) is -0.567. The minimum absolute atomic E-state index is 0.108. The van der Waals surface area contributed by atoms with E-state index in [9.17, 15) is 13.5 Å². The molecule has 0 bridgehead atoms. The zero-order valence-corrected chi connectivity index (χ0v) is 15.6. The van der Waals surface area contributed by atoms with E-state index in [0.717, 1.165) is 5.56 Å². The highest BCUT2D eigenvalue weighted by atomic mass is 32.2. The predicted molar refractivity (Wildman–Crippen MR) is 101 cm³/mol. The summed E-state index contributed by atoms with van der Waals surface area (Å²) in [6.07, 6.45) is 1.49. The standard InChI is InChI=1S/C21H24O4S/c1-16-20(26(23,24)19-10-6-3-7-11-19)13-12-18(21(16)22)15-25-14-17-8-4-2-5-9-17/h2-11,13,16,18,21-22H,12,14-15H2,1H3/t16-,18+,21-/m1/s1. The summed E-state index contributed by atoms with van der Waals surface area (Å²) in [7, 11) is -3.57. The van der Waals surface area contributed by atoms with E-state index in [1.807, 2.05) is 30.3 Å². The van der Waals surface area contributed by atoms with Crippen molar-refractivity contribution in [3.63, 3.8) is 0 Å². The molecule has 2 aromatic carbocycles. The molecule has 4 nitrogen and oxygen atoms in total. The van der Waals surface area contributed by atoms with Crippen LogP contribution in [0.5, 0.6) is 0 Å². The van der Waals surface area contributed by atoms with Crippen LogP contribution in [0.3, 0.4) is 0 Å². The van der Waals surface area contributed by atoms with Crippen LogP contribution in [0.2, 0.25) is 0 Å². The van der Waals surface area contributed by atoms with Crippen molar-refractivity contribution in [2.24, 2.45) is 11.8 Å². The van der Waals surface area contributed by atoms with Crippen molar-refractivity contribution in [3.8, 4) is 0 Å². The van der Waals surface area contributed by atoms with Crippen LogP contribution < -0.4 is 0 Å². The van der Waals surface area contributed by atoms with Gasteiger partial charge in [-0.05, 0) is 24.1 Å². The molecule has 26 heavy (non-hydrogen) atoms. The summed E-state index contributed by atoms with van der Waals surface area (Å²) in [5, 5.41) is 10.6. The molecule has 5 heteroatoms. The molecule has 0 fully saturated rings. The maximum absolute atomic E-state index is 12.8. The van der Waals surface area contributed by atoms with Gasteiger partial charge in [-0.1, -0.05) is 61.5 Å². The SMILES string of the molecule is C[C@@H]1C(S(=O)(=O)c2ccccc2)=CC[C@@H](COCc2ccccc2)[C@@H]1O. The zero-order chi connectivity index (χ0) is 18.6. The Balaban J connectivity index is 1.67. The molecule has 1 aliphatic rings. The molecule has 0 radical (unpaired) electrons. The summed E-state index contributed by atoms with van der Waals surface area (Å²) >= 11 is 0. The largest absolute Gasteiger partial charge is 0.392 e. The van der Waals surface area contributed by atoms with Crippen LogP contribution >= 0.6 is 0 Å². The monoisotopic (exact) mass is 372 g/mol. The lowest BCUT2D eigenvalue weighted by atomic mass is 9.85. The molecule has 3 rings (SSSR count). The fraction of sp³-hybridized carbons (Fsp3) is 0.333. The lowest BCUT2D eigenvalue weighted by molar-refractivity contribution is 0.00130. The number of hydrogen-bond donors (Lipinski definition) is 1. The Morgan fingerprint density at radius 2 is 1.65 bits per heavy atom. The van der Waals surface area contributed by atoms with Gasteiger partial charge in [-0.25, -0.2) is 8.42 Å². The number of sulfone groups is 1. The molecule has 138 valence electrons. The van der Waals surface area contributed by atoms with Crippen LogP contribution in [-0.4, -0.2) is 26.2 Å². The molecular weight excluding hydrogens is 348 g/mol. The van der Waals surface area contributed by atoms with Crippen LogP contribution in [0.4, 0.5) is 0 Å². The van der Waals surface area contributed by atoms with Crippen LogP contribution in [0.15, 0.2) is 76.5 Å². The minimum Gasteiger partial charge on any atom is -0.392 e. The Bertz CT molecular complexity index is 844. The smallest absolute Gasteiger partial charge is 0.202 e. The van der Waals surface area contributed by atoms with Crippen molar-refractivity contribution in [1.82, 2.24) is 0 Å². The van der Waals surface area contributed by atoms with Gasteiger partial charge in [-0.15, -0.1) is 0 Å². The highest BCUT2D eigenvalue weighted by Gasteiger charge is 2.36. The molecule has 1 N–H and O–H groups in total. The first kappa shape index (κ1) is 18.8. The fourth-order valence-corrected chi connectivity index (χ4v) is 5.06. The Labute approximate surface area is 155 Å². The van der Waals surface area contributed by atoms with Gasteiger partial charge < -0.3 is 9.84 Å². The summed E-state index contributed by atoms with van der Waals surface area (Å²) < 4.78 is 31.4. The molecule has 0 spiro atoms. The van der Waals surface area contributed by atoms with Gasteiger partial charge in [0, 0.05) is 11.8 Å². The predicted octanol–water partition coefficient (Wildman–Crippen LogP) is 3.58. The molecule has 0 heterocycles. The van der Waals surface area contributed by atoms with E-state index in [1.165, 1.54) is 0 Å². The quantitative estimate of drug-likeness (QED) is 0.842. The van der Waals surface area contributed by atoms with E-state index < -0.39 is 21.9 Å². The van der Waals surface area contributed by atoms with Crippen LogP contribution in [0.1, 0.15) is 18.9 Å². The number of allylic oxidation sites excluding steroid dienone is 1. The van der Waals surface area contributed by atoms with Crippen LogP contribution in [0.25, 0.3) is 0 Å². The minimum atomic E-state index is -3.57. The number of aliphatic hydroxyl groups is 1. The number of aliphatic hydroxyl groups excluding tert-OH is 1. The summed E-state index contributed by atoms with van der Waals surface area (Å²) in [5.41, 5.74) is 1.08. The van der Waals surface area contributed by atoms with Gasteiger partial charge >= 0.3 is 0 Å². The zero-order valence-electron chi connectivity index (χ0n) is 14.8. The summed E-state index contributed by atoms with van der Waals surface area (Å²) in [6.45, 7) is 2.65. The Kier molecular flexibility index (Phi) is 5.91. The second-order valence-corrected chi connectivity index (χ2v) is 8.65. The normalized spacial score (nSPS) is 23.5. The summed E-state index contributed by atoms with van der Waals surface area (Å²) in [6, 6.07) is 18.2. The third kappa shape index (κ3) is 4.06. The molecule has 0 aliphatic heterocycles. The Morgan fingerprint density at radius 1 is 1.04 bits per heavy atom. The third-order valence-electron chi connectivity index (χ3n) is 4.87. The van der Waals surface area contributed by atoms with Crippen molar-refractivity contribution in [2.45, 2.75) is 31.0 Å². The average molecular weight is 372 g/mol. The van der Waals surface area contributed by atoms with Gasteiger partial charge in [0.1, 0.15) is 0 Å². The topological polar surface area (TPSA) is 63.6 Å². The molecule has 0 amide bonds. The van der Waals surface area contributed by atoms with Gasteiger partial charge in [0.05, 0.1) is 29.1 Å². The lowest BCUT2D eigenvalue weighted by Crippen LogP contribution is -2.36. The number of rotatable bonds is 6. The van der Waals surface area contributed by atoms with E-state index in [2.05, 4.69) is 0 Å². The first-order chi connectivity index (χ1) is 12.5. The second-order valence-electron chi connectivity index (χ2n) is 6.70. The van der Waals surface area contributed by atoms with Gasteiger partial charge in [0.25, 0.3) is 0 Å². The van der Waals surface area contributed by atoms with E-state index in [-0.39, 0.29) is 10.8 Å². The van der Waals surface area contributed by atoms with Gasteiger partial charge in [0.2, 0.25) is 9.84 Å². The molecule has 3 atom stereocenters. The molecule has 0 aromatic heterocycles. The maximum Gasteiger partial charge on any atom is 0.202 e. The van der Waals surface area contributed by atoms with Gasteiger partial charge in [-0.3, -0.25) is 0 Å². The Hall–Kier alpha value is -1.95. The van der Waals surface area contributed by atoms with Gasteiger partial charge in [-0.2, -0.15) is 0 Å². The van der Waals surface area contributed by atoms with E-state index in [1.54, 1.807) is 43.3 Å².